The molecule has 1 aromatic carbocycles. The summed E-state index contributed by atoms with van der Waals surface area (Å²) < 4.78 is 13.8. The van der Waals surface area contributed by atoms with E-state index in [4.69, 9.17) is 17.3 Å². The Kier molecular flexibility index (Phi) is 7.43. The highest BCUT2D eigenvalue weighted by Gasteiger charge is 2.41. The summed E-state index contributed by atoms with van der Waals surface area (Å²) in [5, 5.41) is 3.25. The summed E-state index contributed by atoms with van der Waals surface area (Å²) in [6.45, 7) is 0.535. The van der Waals surface area contributed by atoms with Crippen LogP contribution in [0.2, 0.25) is 5.15 Å². The van der Waals surface area contributed by atoms with E-state index in [-0.39, 0.29) is 41.5 Å². The molecule has 2 heterocycles. The highest BCUT2D eigenvalue weighted by atomic mass is 35.5. The van der Waals surface area contributed by atoms with E-state index in [1.165, 1.54) is 46.3 Å². The first-order valence-corrected chi connectivity index (χ1v) is 11.8. The molecule has 1 saturated heterocycles. The number of rotatable bonds is 4. The molecule has 1 aliphatic heterocycles. The average Bonchev–Trinajstić information content (AvgIpc) is 2.84. The van der Waals surface area contributed by atoms with Crippen molar-refractivity contribution in [2.45, 2.75) is 50.4 Å². The summed E-state index contributed by atoms with van der Waals surface area (Å²) in [6.07, 6.45) is 3.68. The Morgan fingerprint density at radius 3 is 2.29 bits per heavy atom. The van der Waals surface area contributed by atoms with Crippen LogP contribution in [-0.4, -0.2) is 63.8 Å². The standard InChI is InChI=1S/C24H27ClFN5O3/c25-20-10-5-16(14-28-20)24(34)31-12-2-11-30(23(33)15-3-1-4-17(26)13-15)22(31)21(32)29-19-8-6-18(27)7-9-19/h1,3-5,10,13-14,18-19,22H,2,6-9,11-12,27H2,(H,29,32). The molecular weight excluding hydrogens is 461 g/mol. The van der Waals surface area contributed by atoms with Gasteiger partial charge in [0.15, 0.2) is 6.17 Å². The molecular formula is C24H27ClFN5O3. The van der Waals surface area contributed by atoms with E-state index in [0.717, 1.165) is 31.7 Å². The van der Waals surface area contributed by atoms with Crippen LogP contribution in [0.15, 0.2) is 42.6 Å². The van der Waals surface area contributed by atoms with Gasteiger partial charge in [-0.3, -0.25) is 14.4 Å². The van der Waals surface area contributed by atoms with Gasteiger partial charge in [0.1, 0.15) is 11.0 Å². The maximum Gasteiger partial charge on any atom is 0.264 e. The highest BCUT2D eigenvalue weighted by Crippen LogP contribution is 2.23. The molecule has 0 spiro atoms. The fraction of sp³-hybridized carbons (Fsp3) is 0.417. The van der Waals surface area contributed by atoms with Gasteiger partial charge in [-0.15, -0.1) is 0 Å². The topological polar surface area (TPSA) is 109 Å². The largest absolute Gasteiger partial charge is 0.350 e. The number of hydrogen-bond acceptors (Lipinski definition) is 5. The van der Waals surface area contributed by atoms with E-state index in [1.807, 2.05) is 0 Å². The number of nitrogens with zero attached hydrogens (tertiary/aromatic N) is 3. The molecule has 1 aromatic heterocycles. The van der Waals surface area contributed by atoms with Gasteiger partial charge in [-0.25, -0.2) is 9.37 Å². The van der Waals surface area contributed by atoms with Gasteiger partial charge < -0.3 is 20.9 Å². The van der Waals surface area contributed by atoms with Gasteiger partial charge in [-0.2, -0.15) is 0 Å². The molecule has 4 rings (SSSR count). The third-order valence-electron chi connectivity index (χ3n) is 6.31. The van der Waals surface area contributed by atoms with Crippen molar-refractivity contribution in [1.82, 2.24) is 20.1 Å². The lowest BCUT2D eigenvalue weighted by atomic mass is 9.91. The second-order valence-electron chi connectivity index (χ2n) is 8.72. The zero-order valence-electron chi connectivity index (χ0n) is 18.6. The lowest BCUT2D eigenvalue weighted by molar-refractivity contribution is -0.133. The van der Waals surface area contributed by atoms with Crippen molar-refractivity contribution >= 4 is 29.3 Å². The molecule has 2 fully saturated rings. The number of aromatic nitrogens is 1. The first kappa shape index (κ1) is 24.1. The Labute approximate surface area is 202 Å². The zero-order chi connectivity index (χ0) is 24.2. The van der Waals surface area contributed by atoms with Gasteiger partial charge in [-0.1, -0.05) is 17.7 Å². The van der Waals surface area contributed by atoms with Crippen LogP contribution in [0.1, 0.15) is 52.8 Å². The Balaban J connectivity index is 1.63. The van der Waals surface area contributed by atoms with Crippen LogP contribution in [0.3, 0.4) is 0 Å². The summed E-state index contributed by atoms with van der Waals surface area (Å²) in [7, 11) is 0. The quantitative estimate of drug-likeness (QED) is 0.644. The van der Waals surface area contributed by atoms with E-state index in [9.17, 15) is 18.8 Å². The first-order chi connectivity index (χ1) is 16.3. The molecule has 10 heteroatoms. The van der Waals surface area contributed by atoms with Crippen LogP contribution in [0.25, 0.3) is 0 Å². The average molecular weight is 488 g/mol. The van der Waals surface area contributed by atoms with Crippen molar-refractivity contribution in [3.05, 3.63) is 64.7 Å². The fourth-order valence-corrected chi connectivity index (χ4v) is 4.64. The number of carbonyl (C=O) groups excluding carboxylic acids is 3. The maximum atomic E-state index is 13.8. The van der Waals surface area contributed by atoms with Crippen LogP contribution in [0, 0.1) is 5.82 Å². The van der Waals surface area contributed by atoms with Crippen molar-refractivity contribution in [3.63, 3.8) is 0 Å². The molecule has 2 aliphatic rings. The van der Waals surface area contributed by atoms with Gasteiger partial charge >= 0.3 is 0 Å². The summed E-state index contributed by atoms with van der Waals surface area (Å²) in [6, 6.07) is 8.36. The minimum Gasteiger partial charge on any atom is -0.350 e. The fourth-order valence-electron chi connectivity index (χ4n) is 4.53. The van der Waals surface area contributed by atoms with Gasteiger partial charge in [0, 0.05) is 36.9 Å². The van der Waals surface area contributed by atoms with Gasteiger partial charge in [0.05, 0.1) is 5.56 Å². The molecule has 0 radical (unpaired) electrons. The summed E-state index contributed by atoms with van der Waals surface area (Å²) in [5.41, 5.74) is 6.35. The van der Waals surface area contributed by atoms with E-state index in [0.29, 0.717) is 6.42 Å². The van der Waals surface area contributed by atoms with E-state index in [2.05, 4.69) is 10.3 Å². The molecule has 1 aliphatic carbocycles. The van der Waals surface area contributed by atoms with Crippen LogP contribution in [-0.2, 0) is 4.79 Å². The normalized spacial score (nSPS) is 22.9. The number of hydrogen-bond donors (Lipinski definition) is 2. The van der Waals surface area contributed by atoms with Crippen molar-refractivity contribution < 1.29 is 18.8 Å². The Morgan fingerprint density at radius 2 is 1.68 bits per heavy atom. The van der Waals surface area contributed by atoms with E-state index >= 15 is 0 Å². The Bertz CT molecular complexity index is 1060. The molecule has 0 bridgehead atoms. The van der Waals surface area contributed by atoms with E-state index < -0.39 is 29.7 Å². The molecule has 3 amide bonds. The molecule has 3 N–H and O–H groups in total. The number of nitrogens with one attached hydrogen (secondary N) is 1. The predicted molar refractivity (Wildman–Crippen MR) is 124 cm³/mol. The van der Waals surface area contributed by atoms with Crippen LogP contribution in [0.4, 0.5) is 4.39 Å². The molecule has 1 unspecified atom stereocenters. The monoisotopic (exact) mass is 487 g/mol. The third-order valence-corrected chi connectivity index (χ3v) is 6.53. The Hall–Kier alpha value is -3.04. The second kappa shape index (κ2) is 10.5. The van der Waals surface area contributed by atoms with Crippen molar-refractivity contribution in [2.75, 3.05) is 13.1 Å². The molecule has 8 nitrogen and oxygen atoms in total. The molecule has 1 saturated carbocycles. The zero-order valence-corrected chi connectivity index (χ0v) is 19.4. The van der Waals surface area contributed by atoms with Gasteiger partial charge in [0.2, 0.25) is 0 Å². The summed E-state index contributed by atoms with van der Waals surface area (Å²) >= 11 is 5.85. The number of carbonyl (C=O) groups is 3. The summed E-state index contributed by atoms with van der Waals surface area (Å²) in [5.74, 6) is -1.95. The van der Waals surface area contributed by atoms with E-state index in [1.54, 1.807) is 0 Å². The smallest absolute Gasteiger partial charge is 0.264 e. The van der Waals surface area contributed by atoms with Crippen LogP contribution in [0.5, 0.6) is 0 Å². The first-order valence-electron chi connectivity index (χ1n) is 11.4. The summed E-state index contributed by atoms with van der Waals surface area (Å²) in [4.78, 5) is 46.9. The number of pyridine rings is 1. The van der Waals surface area contributed by atoms with Crippen molar-refractivity contribution in [3.8, 4) is 0 Å². The lowest BCUT2D eigenvalue weighted by Crippen LogP contribution is -2.64. The highest BCUT2D eigenvalue weighted by molar-refractivity contribution is 6.29. The van der Waals surface area contributed by atoms with Crippen LogP contribution >= 0.6 is 11.6 Å². The SMILES string of the molecule is NC1CCC(NC(=O)C2N(C(=O)c3ccc(Cl)nc3)CCCN2C(=O)c2cccc(F)c2)CC1. The van der Waals surface area contributed by atoms with Crippen molar-refractivity contribution in [2.24, 2.45) is 5.73 Å². The minimum atomic E-state index is -1.18. The second-order valence-corrected chi connectivity index (χ2v) is 9.11. The molecule has 1 atom stereocenters. The Morgan fingerprint density at radius 1 is 1.00 bits per heavy atom. The number of amides is 3. The number of benzene rings is 1. The maximum absolute atomic E-state index is 13.8. The predicted octanol–water partition coefficient (Wildman–Crippen LogP) is 2.57. The van der Waals surface area contributed by atoms with Gasteiger partial charge in [-0.05, 0) is 62.4 Å². The third kappa shape index (κ3) is 5.37. The lowest BCUT2D eigenvalue weighted by Gasteiger charge is -2.43. The molecule has 34 heavy (non-hydrogen) atoms. The molecule has 2 aromatic rings. The molecule has 180 valence electrons. The number of halogens is 2. The van der Waals surface area contributed by atoms with Crippen LogP contribution < -0.4 is 11.1 Å². The van der Waals surface area contributed by atoms with Crippen molar-refractivity contribution in [1.29, 1.82) is 0 Å². The number of nitrogens with two attached hydrogens (primary N) is 1. The minimum absolute atomic E-state index is 0.0884. The van der Waals surface area contributed by atoms with Gasteiger partial charge in [0.25, 0.3) is 17.7 Å².